The van der Waals surface area contributed by atoms with Gasteiger partial charge in [0.1, 0.15) is 5.92 Å². The van der Waals surface area contributed by atoms with E-state index in [1.165, 1.54) is 7.11 Å². The van der Waals surface area contributed by atoms with Crippen molar-refractivity contribution in [3.05, 3.63) is 77.4 Å². The number of ketones is 1. The number of hydrogen-bond donors (Lipinski definition) is 4. The van der Waals surface area contributed by atoms with E-state index in [2.05, 4.69) is 40.2 Å². The number of H-pyrrole nitrogens is 3. The normalized spacial score (nSPS) is 21.8. The number of esters is 2. The van der Waals surface area contributed by atoms with Crippen LogP contribution in [0.1, 0.15) is 94.9 Å². The molecule has 47 heavy (non-hydrogen) atoms. The Morgan fingerprint density at radius 3 is 2.26 bits per heavy atom. The summed E-state index contributed by atoms with van der Waals surface area (Å²) >= 11 is 0. The Morgan fingerprint density at radius 2 is 1.60 bits per heavy atom. The third kappa shape index (κ3) is 5.10. The van der Waals surface area contributed by atoms with Crippen LogP contribution in [0.25, 0.3) is 23.8 Å². The molecular weight excluding hydrogens is 596 g/mol. The van der Waals surface area contributed by atoms with Gasteiger partial charge >= 0.3 is 11.9 Å². The van der Waals surface area contributed by atoms with Crippen molar-refractivity contribution in [3.8, 4) is 0 Å². The maximum atomic E-state index is 14.1. The highest BCUT2D eigenvalue weighted by molar-refractivity contribution is 6.19. The topological polar surface area (TPSA) is 146 Å². The molecule has 6 rings (SSSR count). The summed E-state index contributed by atoms with van der Waals surface area (Å²) in [5, 5.41) is 6.80. The van der Waals surface area contributed by atoms with Gasteiger partial charge in [-0.05, 0) is 98.6 Å². The summed E-state index contributed by atoms with van der Waals surface area (Å²) in [7, 11) is 1.29. The number of carbonyl (C=O) groups excluding carboxylic acids is 4. The van der Waals surface area contributed by atoms with E-state index >= 15 is 0 Å². The summed E-state index contributed by atoms with van der Waals surface area (Å²) < 4.78 is 10.5. The number of aldehydes is 1. The Balaban J connectivity index is 1.71. The molecule has 1 aliphatic carbocycles. The van der Waals surface area contributed by atoms with Gasteiger partial charge in [-0.2, -0.15) is 0 Å². The van der Waals surface area contributed by atoms with Gasteiger partial charge in [0.15, 0.2) is 12.1 Å². The van der Waals surface area contributed by atoms with Gasteiger partial charge in [0.2, 0.25) is 0 Å². The van der Waals surface area contributed by atoms with Gasteiger partial charge in [-0.25, -0.2) is 0 Å². The number of allylic oxidation sites excluding steroid dienone is 1. The summed E-state index contributed by atoms with van der Waals surface area (Å²) in [5.41, 5.74) is 8.80. The lowest BCUT2D eigenvalue weighted by molar-refractivity contribution is -0.144. The van der Waals surface area contributed by atoms with Crippen molar-refractivity contribution < 1.29 is 28.7 Å². The Bertz CT molecular complexity index is 2120. The van der Waals surface area contributed by atoms with Gasteiger partial charge in [0.25, 0.3) is 0 Å². The molecule has 0 aromatic carbocycles. The van der Waals surface area contributed by atoms with Crippen LogP contribution in [0.5, 0.6) is 0 Å². The van der Waals surface area contributed by atoms with Gasteiger partial charge in [0, 0.05) is 50.9 Å². The number of methoxy groups -OCH3 is 1. The smallest absolute Gasteiger partial charge is 0.320 e. The average molecular weight is 639 g/mol. The zero-order valence-corrected chi connectivity index (χ0v) is 28.0. The number of carbonyl (C=O) groups is 4. The standard InChI is InChI=1S/C37H42N4O6/c1-8-20-17(4)24-13-25-18(5)22(11-12-30(43)47-10-3)34(40-25)32-33(37(45)46-7)36(44)31-19(6)26(41-35(31)32)14-28-21(9-2)23(16-42)29(39-28)15-27(20)38-24/h13-16,22,33-34,38-41H,8-12H2,1-7H3/b24-13-,26-14-,27-15-/t22-,33+,34?/m0/s1. The monoisotopic (exact) mass is 638 g/mol. The molecule has 2 aliphatic heterocycles. The molecule has 1 unspecified atom stereocenters. The maximum Gasteiger partial charge on any atom is 0.320 e. The van der Waals surface area contributed by atoms with E-state index in [1.54, 1.807) is 6.92 Å². The molecule has 10 nitrogen and oxygen atoms in total. The van der Waals surface area contributed by atoms with Crippen molar-refractivity contribution in [2.75, 3.05) is 13.7 Å². The Labute approximate surface area is 272 Å². The molecule has 3 aliphatic rings. The summed E-state index contributed by atoms with van der Waals surface area (Å²) in [5.74, 6) is -2.58. The first kappa shape index (κ1) is 32.1. The lowest BCUT2D eigenvalue weighted by atomic mass is 9.82. The molecule has 4 N–H and O–H groups in total. The first-order chi connectivity index (χ1) is 22.6. The molecule has 3 atom stereocenters. The fourth-order valence-corrected chi connectivity index (χ4v) is 7.75. The molecular formula is C37H42N4O6. The molecule has 10 heteroatoms. The molecule has 3 aromatic rings. The van der Waals surface area contributed by atoms with E-state index in [0.717, 1.165) is 57.1 Å². The Morgan fingerprint density at radius 1 is 0.894 bits per heavy atom. The average Bonchev–Trinajstić information content (AvgIpc) is 3.80. The minimum Gasteiger partial charge on any atom is -0.468 e. The zero-order chi connectivity index (χ0) is 33.7. The van der Waals surface area contributed by atoms with E-state index in [4.69, 9.17) is 9.47 Å². The highest BCUT2D eigenvalue weighted by Gasteiger charge is 2.47. The molecule has 0 radical (unpaired) electrons. The highest BCUT2D eigenvalue weighted by Crippen LogP contribution is 2.39. The van der Waals surface area contributed by atoms with Crippen LogP contribution in [0.15, 0.2) is 11.3 Å². The predicted octanol–water partition coefficient (Wildman–Crippen LogP) is 2.02. The zero-order valence-electron chi connectivity index (χ0n) is 28.0. The van der Waals surface area contributed by atoms with Crippen LogP contribution >= 0.6 is 0 Å². The van der Waals surface area contributed by atoms with Crippen LogP contribution in [0.3, 0.4) is 0 Å². The van der Waals surface area contributed by atoms with Crippen molar-refractivity contribution in [1.29, 1.82) is 0 Å². The Hall–Kier alpha value is -4.86. The molecule has 0 saturated carbocycles. The molecule has 3 aromatic heterocycles. The number of rotatable bonds is 8. The molecule has 5 heterocycles. The van der Waals surface area contributed by atoms with Crippen molar-refractivity contribution in [1.82, 2.24) is 20.3 Å². The minimum absolute atomic E-state index is 0.190. The first-order valence-electron chi connectivity index (χ1n) is 16.4. The SMILES string of the molecule is CCOC(=O)CC[C@H]1C(C)=C2/C=c3\[nH]/c(c(CC)c3C)=C\c3[nH]c(c(CC)c3C=O)/C=c3\[nH]c4c(c3C)C(=O)[C@H](C(=O)OC)C=4C1N2. The fourth-order valence-electron chi connectivity index (χ4n) is 7.75. The predicted molar refractivity (Wildman–Crippen MR) is 178 cm³/mol. The third-order valence-corrected chi connectivity index (χ3v) is 10.2. The molecule has 0 fully saturated rings. The number of hydrogen-bond acceptors (Lipinski definition) is 7. The molecule has 0 amide bonds. The number of nitrogens with one attached hydrogen (secondary N) is 4. The second-order valence-corrected chi connectivity index (χ2v) is 12.5. The van der Waals surface area contributed by atoms with E-state index in [0.29, 0.717) is 58.1 Å². The van der Waals surface area contributed by atoms with Crippen molar-refractivity contribution in [2.24, 2.45) is 11.8 Å². The number of aromatic amines is 3. The number of aromatic nitrogens is 3. The maximum absolute atomic E-state index is 14.1. The molecule has 0 spiro atoms. The summed E-state index contributed by atoms with van der Waals surface area (Å²) in [4.78, 5) is 63.1. The minimum atomic E-state index is -1.13. The molecule has 246 valence electrons. The Kier molecular flexibility index (Phi) is 8.46. The second-order valence-electron chi connectivity index (χ2n) is 12.5. The van der Waals surface area contributed by atoms with Crippen LogP contribution in [0.4, 0.5) is 0 Å². The summed E-state index contributed by atoms with van der Waals surface area (Å²) in [6, 6.07) is -0.472. The van der Waals surface area contributed by atoms with Crippen LogP contribution in [-0.4, -0.2) is 58.7 Å². The van der Waals surface area contributed by atoms with Gasteiger partial charge in [-0.1, -0.05) is 13.8 Å². The number of fused-ring (bicyclic) bond motifs is 8. The van der Waals surface area contributed by atoms with Gasteiger partial charge in [-0.3, -0.25) is 19.2 Å². The van der Waals surface area contributed by atoms with Crippen molar-refractivity contribution >= 4 is 47.8 Å². The van der Waals surface area contributed by atoms with Crippen molar-refractivity contribution in [3.63, 3.8) is 0 Å². The summed E-state index contributed by atoms with van der Waals surface area (Å²) in [6.45, 7) is 12.2. The lowest BCUT2D eigenvalue weighted by Gasteiger charge is -2.25. The fraction of sp³-hybridized carbons (Fsp3) is 0.405. The highest BCUT2D eigenvalue weighted by atomic mass is 16.5. The van der Waals surface area contributed by atoms with E-state index in [1.807, 2.05) is 32.9 Å². The van der Waals surface area contributed by atoms with Gasteiger partial charge in [0.05, 0.1) is 30.8 Å². The van der Waals surface area contributed by atoms with Crippen LogP contribution in [-0.2, 0) is 31.9 Å². The van der Waals surface area contributed by atoms with E-state index in [-0.39, 0.29) is 24.1 Å². The number of ether oxygens (including phenoxy) is 2. The van der Waals surface area contributed by atoms with E-state index < -0.39 is 17.9 Å². The van der Waals surface area contributed by atoms with E-state index in [9.17, 15) is 19.2 Å². The largest absolute Gasteiger partial charge is 0.468 e. The lowest BCUT2D eigenvalue weighted by Crippen LogP contribution is -2.39. The number of Topliss-reactive ketones (excluding diaryl/α,β-unsaturated/α-hetero) is 1. The molecule has 0 saturated heterocycles. The second kappa shape index (κ2) is 12.4. The van der Waals surface area contributed by atoms with Crippen molar-refractivity contribution in [2.45, 2.75) is 73.3 Å². The first-order valence-corrected chi connectivity index (χ1v) is 16.4. The van der Waals surface area contributed by atoms with Crippen LogP contribution < -0.4 is 26.7 Å². The molecule has 8 bridgehead atoms. The van der Waals surface area contributed by atoms with Crippen LogP contribution in [0, 0.1) is 25.7 Å². The quantitative estimate of drug-likeness (QED) is 0.168. The third-order valence-electron chi connectivity index (χ3n) is 10.2. The van der Waals surface area contributed by atoms with Gasteiger partial charge in [-0.15, -0.1) is 0 Å². The van der Waals surface area contributed by atoms with Gasteiger partial charge < -0.3 is 29.7 Å². The summed E-state index contributed by atoms with van der Waals surface area (Å²) in [6.07, 6.45) is 8.95. The van der Waals surface area contributed by atoms with Crippen LogP contribution in [0.2, 0.25) is 0 Å².